The highest BCUT2D eigenvalue weighted by Crippen LogP contribution is 2.23. The smallest absolute Gasteiger partial charge is 0.275 e. The molecular formula is C19H24ClN2O2+. The van der Waals surface area contributed by atoms with E-state index in [4.69, 9.17) is 16.3 Å². The Kier molecular flexibility index (Phi) is 6.64. The number of hydrogen-bond acceptors (Lipinski definition) is 2. The van der Waals surface area contributed by atoms with Crippen LogP contribution >= 0.6 is 11.6 Å². The minimum absolute atomic E-state index is 0.00607. The van der Waals surface area contributed by atoms with Crippen LogP contribution in [-0.2, 0) is 11.3 Å². The van der Waals surface area contributed by atoms with Gasteiger partial charge in [0.2, 0.25) is 0 Å². The maximum Gasteiger partial charge on any atom is 0.275 e. The lowest BCUT2D eigenvalue weighted by molar-refractivity contribution is -0.682. The average molecular weight is 348 g/mol. The van der Waals surface area contributed by atoms with Gasteiger partial charge in [-0.1, -0.05) is 35.4 Å². The molecule has 0 saturated heterocycles. The Hall–Kier alpha value is -2.04. The van der Waals surface area contributed by atoms with Crippen LogP contribution < -0.4 is 15.4 Å². The van der Waals surface area contributed by atoms with Crippen LogP contribution in [-0.4, -0.2) is 19.6 Å². The Morgan fingerprint density at radius 1 is 1.29 bits per heavy atom. The zero-order valence-electron chi connectivity index (χ0n) is 14.3. The average Bonchev–Trinajstić information content (AvgIpc) is 2.58. The van der Waals surface area contributed by atoms with E-state index >= 15 is 0 Å². The highest BCUT2D eigenvalue weighted by Gasteiger charge is 2.16. The topological polar surface area (TPSA) is 54.9 Å². The SMILES string of the molecule is COc1ccc(C)cc1[C@@H](C)[NH2+]CC(=O)NCc1cccc(Cl)c1. The lowest BCUT2D eigenvalue weighted by atomic mass is 10.0. The predicted molar refractivity (Wildman–Crippen MR) is 96.2 cm³/mol. The molecule has 0 aliphatic carbocycles. The molecule has 0 aliphatic rings. The van der Waals surface area contributed by atoms with Gasteiger partial charge in [-0.15, -0.1) is 0 Å². The van der Waals surface area contributed by atoms with Crippen LogP contribution in [0.1, 0.15) is 29.7 Å². The number of aryl methyl sites for hydroxylation is 1. The molecule has 0 aliphatic heterocycles. The summed E-state index contributed by atoms with van der Waals surface area (Å²) in [7, 11) is 1.67. The first-order chi connectivity index (χ1) is 11.5. The van der Waals surface area contributed by atoms with E-state index in [0.29, 0.717) is 18.1 Å². The van der Waals surface area contributed by atoms with E-state index in [2.05, 4.69) is 18.3 Å². The molecule has 1 atom stereocenters. The van der Waals surface area contributed by atoms with E-state index in [-0.39, 0.29) is 11.9 Å². The number of methoxy groups -OCH3 is 1. The van der Waals surface area contributed by atoms with Crippen LogP contribution in [0.25, 0.3) is 0 Å². The quantitative estimate of drug-likeness (QED) is 0.809. The van der Waals surface area contributed by atoms with Gasteiger partial charge in [-0.05, 0) is 43.7 Å². The molecule has 0 unspecified atom stereocenters. The van der Waals surface area contributed by atoms with Crippen molar-refractivity contribution in [3.05, 3.63) is 64.2 Å². The molecule has 0 aromatic heterocycles. The Morgan fingerprint density at radius 3 is 2.79 bits per heavy atom. The van der Waals surface area contributed by atoms with Gasteiger partial charge in [0.25, 0.3) is 5.91 Å². The highest BCUT2D eigenvalue weighted by molar-refractivity contribution is 6.30. The van der Waals surface area contributed by atoms with Crippen molar-refractivity contribution in [1.82, 2.24) is 5.32 Å². The van der Waals surface area contributed by atoms with Gasteiger partial charge in [0.05, 0.1) is 12.7 Å². The number of rotatable bonds is 7. The molecular weight excluding hydrogens is 324 g/mol. The molecule has 0 bridgehead atoms. The number of carbonyl (C=O) groups is 1. The molecule has 24 heavy (non-hydrogen) atoms. The summed E-state index contributed by atoms with van der Waals surface area (Å²) in [5.74, 6) is 0.845. The van der Waals surface area contributed by atoms with Gasteiger partial charge in [-0.25, -0.2) is 0 Å². The number of ether oxygens (including phenoxy) is 1. The molecule has 0 heterocycles. The minimum atomic E-state index is -0.00607. The van der Waals surface area contributed by atoms with Crippen LogP contribution in [0.3, 0.4) is 0 Å². The first-order valence-corrected chi connectivity index (χ1v) is 8.36. The van der Waals surface area contributed by atoms with E-state index in [0.717, 1.165) is 16.9 Å². The third kappa shape index (κ3) is 5.25. The lowest BCUT2D eigenvalue weighted by Gasteiger charge is -2.15. The Balaban J connectivity index is 1.86. The van der Waals surface area contributed by atoms with Crippen molar-refractivity contribution in [3.63, 3.8) is 0 Å². The molecule has 0 saturated carbocycles. The number of halogens is 1. The Morgan fingerprint density at radius 2 is 2.08 bits per heavy atom. The zero-order valence-corrected chi connectivity index (χ0v) is 15.1. The van der Waals surface area contributed by atoms with Gasteiger partial charge in [-0.2, -0.15) is 0 Å². The fraction of sp³-hybridized carbons (Fsp3) is 0.316. The van der Waals surface area contributed by atoms with Crippen molar-refractivity contribution < 1.29 is 14.8 Å². The third-order valence-electron chi connectivity index (χ3n) is 3.91. The fourth-order valence-corrected chi connectivity index (χ4v) is 2.75. The van der Waals surface area contributed by atoms with E-state index in [1.807, 2.05) is 48.6 Å². The molecule has 128 valence electrons. The summed E-state index contributed by atoms with van der Waals surface area (Å²) in [6, 6.07) is 13.7. The number of hydrogen-bond donors (Lipinski definition) is 2. The first kappa shape index (κ1) is 18.3. The number of amides is 1. The molecule has 0 spiro atoms. The molecule has 2 aromatic carbocycles. The summed E-state index contributed by atoms with van der Waals surface area (Å²) < 4.78 is 5.41. The summed E-state index contributed by atoms with van der Waals surface area (Å²) in [5, 5.41) is 5.59. The van der Waals surface area contributed by atoms with Crippen molar-refractivity contribution >= 4 is 17.5 Å². The third-order valence-corrected chi connectivity index (χ3v) is 4.15. The summed E-state index contributed by atoms with van der Waals surface area (Å²) in [4.78, 5) is 12.1. The van der Waals surface area contributed by atoms with Gasteiger partial charge in [-0.3, -0.25) is 4.79 Å². The molecule has 2 aromatic rings. The normalized spacial score (nSPS) is 11.8. The Bertz CT molecular complexity index is 704. The van der Waals surface area contributed by atoms with Crippen LogP contribution in [0.5, 0.6) is 5.75 Å². The number of benzene rings is 2. The van der Waals surface area contributed by atoms with E-state index < -0.39 is 0 Å². The second-order valence-electron chi connectivity index (χ2n) is 5.88. The van der Waals surface area contributed by atoms with E-state index in [1.165, 1.54) is 5.56 Å². The molecule has 3 N–H and O–H groups in total. The largest absolute Gasteiger partial charge is 0.496 e. The maximum absolute atomic E-state index is 12.1. The molecule has 4 nitrogen and oxygen atoms in total. The lowest BCUT2D eigenvalue weighted by Crippen LogP contribution is -2.87. The molecule has 2 rings (SSSR count). The number of carbonyl (C=O) groups excluding carboxylic acids is 1. The second-order valence-corrected chi connectivity index (χ2v) is 6.32. The first-order valence-electron chi connectivity index (χ1n) is 7.98. The molecule has 0 fully saturated rings. The summed E-state index contributed by atoms with van der Waals surface area (Å²) in [6.07, 6.45) is 0. The number of nitrogens with one attached hydrogen (secondary N) is 1. The highest BCUT2D eigenvalue weighted by atomic mass is 35.5. The van der Waals surface area contributed by atoms with Crippen LogP contribution in [0.4, 0.5) is 0 Å². The van der Waals surface area contributed by atoms with Gasteiger partial charge in [0, 0.05) is 11.6 Å². The molecule has 0 radical (unpaired) electrons. The standard InChI is InChI=1S/C19H23ClN2O2/c1-13-7-8-18(24-3)17(9-13)14(2)21-12-19(23)22-11-15-5-4-6-16(20)10-15/h4-10,14,21H,11-12H2,1-3H3,(H,22,23)/p+1/t14-/m1/s1. The molecule has 1 amide bonds. The van der Waals surface area contributed by atoms with Gasteiger partial charge in [0.15, 0.2) is 6.54 Å². The molecule has 5 heteroatoms. The van der Waals surface area contributed by atoms with E-state index in [9.17, 15) is 4.79 Å². The van der Waals surface area contributed by atoms with Gasteiger partial charge in [0.1, 0.15) is 11.8 Å². The summed E-state index contributed by atoms with van der Waals surface area (Å²) in [6.45, 7) is 4.96. The van der Waals surface area contributed by atoms with Crippen molar-refractivity contribution in [1.29, 1.82) is 0 Å². The van der Waals surface area contributed by atoms with Crippen LogP contribution in [0, 0.1) is 6.92 Å². The fourth-order valence-electron chi connectivity index (χ4n) is 2.54. The summed E-state index contributed by atoms with van der Waals surface area (Å²) in [5.41, 5.74) is 3.26. The van der Waals surface area contributed by atoms with Crippen molar-refractivity contribution in [2.24, 2.45) is 0 Å². The minimum Gasteiger partial charge on any atom is -0.496 e. The second kappa shape index (κ2) is 8.71. The zero-order chi connectivity index (χ0) is 17.5. The number of nitrogens with two attached hydrogens (primary N) is 1. The number of quaternary nitrogens is 1. The van der Waals surface area contributed by atoms with Gasteiger partial charge >= 0.3 is 0 Å². The van der Waals surface area contributed by atoms with Crippen molar-refractivity contribution in [3.8, 4) is 5.75 Å². The van der Waals surface area contributed by atoms with Crippen molar-refractivity contribution in [2.75, 3.05) is 13.7 Å². The monoisotopic (exact) mass is 347 g/mol. The summed E-state index contributed by atoms with van der Waals surface area (Å²) >= 11 is 5.94. The van der Waals surface area contributed by atoms with E-state index in [1.54, 1.807) is 7.11 Å². The van der Waals surface area contributed by atoms with Crippen LogP contribution in [0.15, 0.2) is 42.5 Å². The van der Waals surface area contributed by atoms with Gasteiger partial charge < -0.3 is 15.4 Å². The maximum atomic E-state index is 12.1. The van der Waals surface area contributed by atoms with Crippen LogP contribution in [0.2, 0.25) is 5.02 Å². The Labute approximate surface area is 148 Å². The predicted octanol–water partition coefficient (Wildman–Crippen LogP) is 2.60. The van der Waals surface area contributed by atoms with Crippen molar-refractivity contribution in [2.45, 2.75) is 26.4 Å².